The molecule has 1 rings (SSSR count). The number of benzene rings is 1. The summed E-state index contributed by atoms with van der Waals surface area (Å²) in [6, 6.07) is 5.18. The lowest BCUT2D eigenvalue weighted by Gasteiger charge is -2.12. The number of rotatable bonds is 6. The average molecular weight is 355 g/mol. The van der Waals surface area contributed by atoms with E-state index >= 15 is 0 Å². The van der Waals surface area contributed by atoms with Gasteiger partial charge in [-0.25, -0.2) is 0 Å². The summed E-state index contributed by atoms with van der Waals surface area (Å²) in [7, 11) is 1.75. The van der Waals surface area contributed by atoms with Crippen LogP contribution in [0, 0.1) is 0 Å². The van der Waals surface area contributed by atoms with Crippen molar-refractivity contribution in [3.05, 3.63) is 28.2 Å². The molecule has 0 aliphatic rings. The maximum Gasteiger partial charge on any atom is 0.405 e. The molecule has 0 atom stereocenters. The first-order chi connectivity index (χ1) is 9.31. The van der Waals surface area contributed by atoms with Crippen LogP contribution in [0.15, 0.2) is 22.7 Å². The van der Waals surface area contributed by atoms with Crippen LogP contribution in [0.5, 0.6) is 5.75 Å². The van der Waals surface area contributed by atoms with Crippen LogP contribution >= 0.6 is 15.9 Å². The minimum absolute atomic E-state index is 0.449. The Bertz CT molecular complexity index is 467. The summed E-state index contributed by atoms with van der Waals surface area (Å²) in [4.78, 5) is 11.2. The standard InChI is InChI=1S/C12H14BrF3N2O2/c1-17-5-8-4-9(13)2-3-10(8)20-6-11(19)18-7-12(14,15)16/h2-4,17H,5-7H2,1H3,(H,18,19). The molecule has 112 valence electrons. The Balaban J connectivity index is 2.54. The fourth-order valence-electron chi connectivity index (χ4n) is 1.41. The highest BCUT2D eigenvalue weighted by molar-refractivity contribution is 9.10. The van der Waals surface area contributed by atoms with Crippen molar-refractivity contribution in [2.45, 2.75) is 12.7 Å². The quantitative estimate of drug-likeness (QED) is 0.823. The van der Waals surface area contributed by atoms with Crippen molar-refractivity contribution in [3.63, 3.8) is 0 Å². The van der Waals surface area contributed by atoms with Gasteiger partial charge in [0, 0.05) is 16.6 Å². The van der Waals surface area contributed by atoms with E-state index < -0.39 is 25.2 Å². The molecule has 4 nitrogen and oxygen atoms in total. The summed E-state index contributed by atoms with van der Waals surface area (Å²) < 4.78 is 41.8. The zero-order chi connectivity index (χ0) is 15.2. The molecule has 0 saturated carbocycles. The average Bonchev–Trinajstić information content (AvgIpc) is 2.35. The molecule has 1 aromatic carbocycles. The summed E-state index contributed by atoms with van der Waals surface area (Å²) in [6.07, 6.45) is -4.43. The normalized spacial score (nSPS) is 11.2. The zero-order valence-corrected chi connectivity index (χ0v) is 12.3. The Morgan fingerprint density at radius 3 is 2.70 bits per heavy atom. The third-order valence-electron chi connectivity index (χ3n) is 2.23. The second kappa shape index (κ2) is 7.49. The molecule has 0 unspecified atom stereocenters. The number of carbonyl (C=O) groups is 1. The molecule has 0 aliphatic carbocycles. The molecule has 1 aromatic rings. The van der Waals surface area contributed by atoms with Gasteiger partial charge < -0.3 is 15.4 Å². The van der Waals surface area contributed by atoms with Gasteiger partial charge in [-0.1, -0.05) is 15.9 Å². The summed E-state index contributed by atoms with van der Waals surface area (Å²) >= 11 is 3.31. The molecule has 8 heteroatoms. The molecule has 0 heterocycles. The predicted octanol–water partition coefficient (Wildman–Crippen LogP) is 2.23. The number of alkyl halides is 3. The Morgan fingerprint density at radius 2 is 2.10 bits per heavy atom. The molecule has 0 radical (unpaired) electrons. The Kier molecular flexibility index (Phi) is 6.28. The van der Waals surface area contributed by atoms with Gasteiger partial charge >= 0.3 is 6.18 Å². The van der Waals surface area contributed by atoms with E-state index in [4.69, 9.17) is 4.74 Å². The summed E-state index contributed by atoms with van der Waals surface area (Å²) in [5.41, 5.74) is 0.797. The molecule has 0 saturated heterocycles. The number of nitrogens with one attached hydrogen (secondary N) is 2. The van der Waals surface area contributed by atoms with E-state index in [0.717, 1.165) is 10.0 Å². The van der Waals surface area contributed by atoms with Crippen LogP contribution in [0.25, 0.3) is 0 Å². The largest absolute Gasteiger partial charge is 0.483 e. The molecule has 0 aliphatic heterocycles. The van der Waals surface area contributed by atoms with Crippen molar-refractivity contribution >= 4 is 21.8 Å². The van der Waals surface area contributed by atoms with Crippen LogP contribution in [0.2, 0.25) is 0 Å². The smallest absolute Gasteiger partial charge is 0.405 e. The van der Waals surface area contributed by atoms with Gasteiger partial charge in [0.05, 0.1) is 0 Å². The lowest BCUT2D eigenvalue weighted by Crippen LogP contribution is -2.36. The number of hydrogen-bond donors (Lipinski definition) is 2. The Hall–Kier alpha value is -1.28. The van der Waals surface area contributed by atoms with Crippen LogP contribution in [-0.2, 0) is 11.3 Å². The third kappa shape index (κ3) is 6.25. The fraction of sp³-hybridized carbons (Fsp3) is 0.417. The summed E-state index contributed by atoms with van der Waals surface area (Å²) in [5.74, 6) is -0.370. The second-order valence-corrected chi connectivity index (χ2v) is 4.88. The second-order valence-electron chi connectivity index (χ2n) is 3.96. The van der Waals surface area contributed by atoms with E-state index in [1.165, 1.54) is 0 Å². The van der Waals surface area contributed by atoms with E-state index in [1.807, 2.05) is 0 Å². The number of halogens is 4. The number of carbonyl (C=O) groups excluding carboxylic acids is 1. The lowest BCUT2D eigenvalue weighted by molar-refractivity contribution is -0.139. The molecule has 0 spiro atoms. The van der Waals surface area contributed by atoms with Crippen LogP contribution in [-0.4, -0.2) is 32.3 Å². The topological polar surface area (TPSA) is 50.4 Å². The zero-order valence-electron chi connectivity index (χ0n) is 10.7. The van der Waals surface area contributed by atoms with Crippen molar-refractivity contribution in [1.29, 1.82) is 0 Å². The highest BCUT2D eigenvalue weighted by Gasteiger charge is 2.27. The van der Waals surface area contributed by atoms with Crippen LogP contribution < -0.4 is 15.4 Å². The van der Waals surface area contributed by atoms with Crippen LogP contribution in [0.4, 0.5) is 13.2 Å². The van der Waals surface area contributed by atoms with Crippen molar-refractivity contribution < 1.29 is 22.7 Å². The lowest BCUT2D eigenvalue weighted by atomic mass is 10.2. The van der Waals surface area contributed by atoms with Gasteiger partial charge in [-0.3, -0.25) is 4.79 Å². The van der Waals surface area contributed by atoms with Crippen molar-refractivity contribution in [3.8, 4) is 5.75 Å². The van der Waals surface area contributed by atoms with E-state index in [-0.39, 0.29) is 0 Å². The van der Waals surface area contributed by atoms with Crippen molar-refractivity contribution in [2.24, 2.45) is 0 Å². The molecule has 0 fully saturated rings. The first kappa shape index (κ1) is 16.8. The summed E-state index contributed by atoms with van der Waals surface area (Å²) in [6.45, 7) is -1.31. The molecular weight excluding hydrogens is 341 g/mol. The highest BCUT2D eigenvalue weighted by atomic mass is 79.9. The van der Waals surface area contributed by atoms with Gasteiger partial charge in [-0.05, 0) is 25.2 Å². The molecule has 20 heavy (non-hydrogen) atoms. The number of amides is 1. The molecule has 1 amide bonds. The SMILES string of the molecule is CNCc1cc(Br)ccc1OCC(=O)NCC(F)(F)F. The van der Waals surface area contributed by atoms with E-state index in [1.54, 1.807) is 30.6 Å². The first-order valence-electron chi connectivity index (χ1n) is 5.71. The van der Waals surface area contributed by atoms with E-state index in [0.29, 0.717) is 12.3 Å². The third-order valence-corrected chi connectivity index (χ3v) is 2.73. The molecule has 0 aromatic heterocycles. The van der Waals surface area contributed by atoms with Crippen molar-refractivity contribution in [1.82, 2.24) is 10.6 Å². The predicted molar refractivity (Wildman–Crippen MR) is 71.5 cm³/mol. The van der Waals surface area contributed by atoms with Gasteiger partial charge in [0.1, 0.15) is 12.3 Å². The first-order valence-corrected chi connectivity index (χ1v) is 6.50. The van der Waals surface area contributed by atoms with Gasteiger partial charge in [0.15, 0.2) is 6.61 Å². The fourth-order valence-corrected chi connectivity index (χ4v) is 1.82. The Labute approximate surface area is 122 Å². The van der Waals surface area contributed by atoms with E-state index in [2.05, 4.69) is 21.2 Å². The minimum atomic E-state index is -4.43. The van der Waals surface area contributed by atoms with Gasteiger partial charge in [-0.15, -0.1) is 0 Å². The van der Waals surface area contributed by atoms with Crippen LogP contribution in [0.3, 0.4) is 0 Å². The molecule has 0 bridgehead atoms. The van der Waals surface area contributed by atoms with Crippen molar-refractivity contribution in [2.75, 3.05) is 20.2 Å². The minimum Gasteiger partial charge on any atom is -0.483 e. The highest BCUT2D eigenvalue weighted by Crippen LogP contribution is 2.23. The molecular formula is C12H14BrF3N2O2. The molecule has 2 N–H and O–H groups in total. The van der Waals surface area contributed by atoms with Gasteiger partial charge in [-0.2, -0.15) is 13.2 Å². The maximum absolute atomic E-state index is 11.9. The van der Waals surface area contributed by atoms with Gasteiger partial charge in [0.25, 0.3) is 5.91 Å². The number of hydrogen-bond acceptors (Lipinski definition) is 3. The monoisotopic (exact) mass is 354 g/mol. The van der Waals surface area contributed by atoms with Crippen LogP contribution in [0.1, 0.15) is 5.56 Å². The van der Waals surface area contributed by atoms with E-state index in [9.17, 15) is 18.0 Å². The Morgan fingerprint density at radius 1 is 1.40 bits per heavy atom. The van der Waals surface area contributed by atoms with Gasteiger partial charge in [0.2, 0.25) is 0 Å². The maximum atomic E-state index is 11.9. The number of ether oxygens (including phenoxy) is 1. The summed E-state index contributed by atoms with van der Waals surface area (Å²) in [5, 5.41) is 4.68.